The Morgan fingerprint density at radius 1 is 1.35 bits per heavy atom. The average molecular weight is 246 g/mol. The van der Waals surface area contributed by atoms with Crippen LogP contribution in [0.5, 0.6) is 0 Å². The van der Waals surface area contributed by atoms with Crippen LogP contribution in [-0.4, -0.2) is 31.4 Å². The summed E-state index contributed by atoms with van der Waals surface area (Å²) in [6.07, 6.45) is 1.31. The van der Waals surface area contributed by atoms with Crippen molar-refractivity contribution in [1.29, 1.82) is 0 Å². The third-order valence-corrected chi connectivity index (χ3v) is 5.40. The van der Waals surface area contributed by atoms with Gasteiger partial charge < -0.3 is 10.2 Å². The van der Waals surface area contributed by atoms with Gasteiger partial charge in [-0.1, -0.05) is 18.2 Å². The molecular formula is C14H18N2S. The topological polar surface area (TPSA) is 15.3 Å². The number of hydrogen-bond donors (Lipinski definition) is 1. The predicted molar refractivity (Wildman–Crippen MR) is 74.0 cm³/mol. The number of hydrogen-bond acceptors (Lipinski definition) is 3. The van der Waals surface area contributed by atoms with Crippen molar-refractivity contribution in [2.24, 2.45) is 0 Å². The molecule has 3 aliphatic heterocycles. The van der Waals surface area contributed by atoms with E-state index < -0.39 is 0 Å². The highest BCUT2D eigenvalue weighted by atomic mass is 32.2. The summed E-state index contributed by atoms with van der Waals surface area (Å²) in [7, 11) is 0. The van der Waals surface area contributed by atoms with Crippen molar-refractivity contribution in [2.45, 2.75) is 24.1 Å². The first-order valence-corrected chi connectivity index (χ1v) is 7.77. The Hall–Kier alpha value is -0.670. The third-order valence-electron chi connectivity index (χ3n) is 4.42. The molecule has 1 aromatic rings. The fourth-order valence-electron chi connectivity index (χ4n) is 3.70. The van der Waals surface area contributed by atoms with E-state index in [1.165, 1.54) is 37.6 Å². The van der Waals surface area contributed by atoms with Crippen molar-refractivity contribution in [2.75, 3.05) is 30.3 Å². The van der Waals surface area contributed by atoms with E-state index in [1.54, 1.807) is 16.8 Å². The number of anilines is 1. The summed E-state index contributed by atoms with van der Waals surface area (Å²) in [4.78, 5) is 2.72. The maximum Gasteiger partial charge on any atom is 0.0446 e. The maximum atomic E-state index is 3.57. The number of nitrogens with one attached hydrogen (secondary N) is 1. The molecule has 0 radical (unpaired) electrons. The summed E-state index contributed by atoms with van der Waals surface area (Å²) >= 11 is 2.09. The Labute approximate surface area is 107 Å². The molecule has 1 saturated heterocycles. The molecule has 1 aromatic carbocycles. The van der Waals surface area contributed by atoms with Crippen LogP contribution in [0.15, 0.2) is 18.2 Å². The van der Waals surface area contributed by atoms with Crippen molar-refractivity contribution in [1.82, 2.24) is 5.32 Å². The van der Waals surface area contributed by atoms with Gasteiger partial charge in [0.25, 0.3) is 0 Å². The Morgan fingerprint density at radius 2 is 2.35 bits per heavy atom. The zero-order chi connectivity index (χ0) is 11.2. The van der Waals surface area contributed by atoms with Crippen LogP contribution >= 0.6 is 11.8 Å². The number of piperidine rings is 1. The molecule has 1 fully saturated rings. The van der Waals surface area contributed by atoms with E-state index in [0.29, 0.717) is 0 Å². The lowest BCUT2D eigenvalue weighted by Crippen LogP contribution is -2.44. The molecule has 4 rings (SSSR count). The van der Waals surface area contributed by atoms with Gasteiger partial charge in [-0.2, -0.15) is 11.8 Å². The summed E-state index contributed by atoms with van der Waals surface area (Å²) in [5.41, 5.74) is 4.78. The van der Waals surface area contributed by atoms with Crippen molar-refractivity contribution >= 4 is 17.4 Å². The molecule has 2 nitrogen and oxygen atoms in total. The monoisotopic (exact) mass is 246 g/mol. The third kappa shape index (κ3) is 1.45. The zero-order valence-electron chi connectivity index (χ0n) is 9.98. The highest BCUT2D eigenvalue weighted by Gasteiger charge is 2.41. The molecule has 2 unspecified atom stereocenters. The van der Waals surface area contributed by atoms with E-state index >= 15 is 0 Å². The summed E-state index contributed by atoms with van der Waals surface area (Å²) in [6.45, 7) is 3.61. The SMILES string of the molecule is c1cc2c3c(c1)C1CNCCC1N3CCSC2. The number of fused-ring (bicyclic) bond motifs is 3. The smallest absolute Gasteiger partial charge is 0.0446 e. The van der Waals surface area contributed by atoms with E-state index in [0.717, 1.165) is 12.0 Å². The van der Waals surface area contributed by atoms with Crippen LogP contribution < -0.4 is 10.2 Å². The molecule has 3 heteroatoms. The average Bonchev–Trinajstić information content (AvgIpc) is 2.56. The highest BCUT2D eigenvalue weighted by Crippen LogP contribution is 2.46. The van der Waals surface area contributed by atoms with Gasteiger partial charge in [-0.25, -0.2) is 0 Å². The molecule has 0 aromatic heterocycles. The number of nitrogens with zero attached hydrogens (tertiary/aromatic N) is 1. The normalized spacial score (nSPS) is 30.7. The van der Waals surface area contributed by atoms with Crippen LogP contribution in [0.3, 0.4) is 0 Å². The van der Waals surface area contributed by atoms with Gasteiger partial charge in [0.05, 0.1) is 0 Å². The van der Waals surface area contributed by atoms with Gasteiger partial charge in [0.15, 0.2) is 0 Å². The summed E-state index contributed by atoms with van der Waals surface area (Å²) in [5.74, 6) is 3.22. The number of para-hydroxylation sites is 1. The molecule has 17 heavy (non-hydrogen) atoms. The molecule has 3 heterocycles. The van der Waals surface area contributed by atoms with Crippen LogP contribution in [0.1, 0.15) is 23.5 Å². The van der Waals surface area contributed by atoms with Crippen LogP contribution in [0.2, 0.25) is 0 Å². The second kappa shape index (κ2) is 3.92. The van der Waals surface area contributed by atoms with Gasteiger partial charge in [-0.3, -0.25) is 0 Å². The Morgan fingerprint density at radius 3 is 3.35 bits per heavy atom. The predicted octanol–water partition coefficient (Wildman–Crippen LogP) is 2.20. The molecule has 3 aliphatic rings. The van der Waals surface area contributed by atoms with Crippen LogP contribution in [0.4, 0.5) is 5.69 Å². The lowest BCUT2D eigenvalue weighted by Gasteiger charge is -2.33. The Kier molecular flexibility index (Phi) is 2.37. The first-order chi connectivity index (χ1) is 8.45. The summed E-state index contributed by atoms with van der Waals surface area (Å²) < 4.78 is 0. The van der Waals surface area contributed by atoms with Crippen molar-refractivity contribution < 1.29 is 0 Å². The fourth-order valence-corrected chi connectivity index (χ4v) is 4.62. The molecule has 1 N–H and O–H groups in total. The second-order valence-corrected chi connectivity index (χ2v) is 6.37. The van der Waals surface area contributed by atoms with Crippen LogP contribution in [0.25, 0.3) is 0 Å². The maximum absolute atomic E-state index is 3.57. The Bertz CT molecular complexity index is 446. The van der Waals surface area contributed by atoms with Gasteiger partial charge in [-0.05, 0) is 24.1 Å². The molecule has 90 valence electrons. The lowest BCUT2D eigenvalue weighted by molar-refractivity contribution is 0.406. The zero-order valence-corrected chi connectivity index (χ0v) is 10.8. The molecule has 0 aliphatic carbocycles. The van der Waals surface area contributed by atoms with Crippen LogP contribution in [-0.2, 0) is 5.75 Å². The largest absolute Gasteiger partial charge is 0.367 e. The van der Waals surface area contributed by atoms with Gasteiger partial charge in [-0.15, -0.1) is 0 Å². The van der Waals surface area contributed by atoms with Crippen molar-refractivity contribution in [3.05, 3.63) is 29.3 Å². The van der Waals surface area contributed by atoms with Crippen molar-refractivity contribution in [3.8, 4) is 0 Å². The molecule has 0 amide bonds. The van der Waals surface area contributed by atoms with Gasteiger partial charge in [0.2, 0.25) is 0 Å². The minimum atomic E-state index is 0.738. The highest BCUT2D eigenvalue weighted by molar-refractivity contribution is 7.98. The van der Waals surface area contributed by atoms with E-state index in [1.807, 2.05) is 0 Å². The van der Waals surface area contributed by atoms with E-state index in [2.05, 4.69) is 40.2 Å². The van der Waals surface area contributed by atoms with Crippen molar-refractivity contribution in [3.63, 3.8) is 0 Å². The molecular weight excluding hydrogens is 228 g/mol. The molecule has 0 saturated carbocycles. The minimum absolute atomic E-state index is 0.738. The van der Waals surface area contributed by atoms with Gasteiger partial charge in [0, 0.05) is 42.2 Å². The Balaban J connectivity index is 1.87. The number of rotatable bonds is 0. The van der Waals surface area contributed by atoms with E-state index in [-0.39, 0.29) is 0 Å². The molecule has 0 spiro atoms. The second-order valence-electron chi connectivity index (χ2n) is 5.27. The first kappa shape index (κ1) is 10.3. The van der Waals surface area contributed by atoms with Gasteiger partial charge in [0.1, 0.15) is 0 Å². The number of thioether (sulfide) groups is 1. The lowest BCUT2D eigenvalue weighted by atomic mass is 9.90. The van der Waals surface area contributed by atoms with Gasteiger partial charge >= 0.3 is 0 Å². The quantitative estimate of drug-likeness (QED) is 0.755. The van der Waals surface area contributed by atoms with E-state index in [4.69, 9.17) is 0 Å². The van der Waals surface area contributed by atoms with E-state index in [9.17, 15) is 0 Å². The first-order valence-electron chi connectivity index (χ1n) is 6.62. The summed E-state index contributed by atoms with van der Waals surface area (Å²) in [5, 5.41) is 3.57. The molecule has 0 bridgehead atoms. The number of benzene rings is 1. The minimum Gasteiger partial charge on any atom is -0.367 e. The summed E-state index contributed by atoms with van der Waals surface area (Å²) in [6, 6.07) is 7.72. The van der Waals surface area contributed by atoms with Crippen LogP contribution in [0, 0.1) is 0 Å². The molecule has 2 atom stereocenters. The standard InChI is InChI=1S/C14H18N2S/c1-2-10-9-17-7-6-16-13-4-5-15-8-12(13)11(3-1)14(10)16/h1-3,12-13,15H,4-9H2. The fraction of sp³-hybridized carbons (Fsp3) is 0.571.